The normalized spacial score (nSPS) is 24.9. The van der Waals surface area contributed by atoms with Crippen molar-refractivity contribution in [3.8, 4) is 0 Å². The summed E-state index contributed by atoms with van der Waals surface area (Å²) in [6.45, 7) is 7.51. The molecule has 0 N–H and O–H groups in total. The van der Waals surface area contributed by atoms with Crippen LogP contribution in [-0.2, 0) is 4.79 Å². The number of carbonyl (C=O) groups excluding carboxylic acids is 1. The zero-order valence-corrected chi connectivity index (χ0v) is 11.7. The highest BCUT2D eigenvalue weighted by molar-refractivity contribution is 5.95. The van der Waals surface area contributed by atoms with E-state index in [-0.39, 0.29) is 5.91 Å². The van der Waals surface area contributed by atoms with Crippen LogP contribution >= 0.6 is 0 Å². The van der Waals surface area contributed by atoms with Gasteiger partial charge in [0.25, 0.3) is 0 Å². The number of hydrogen-bond donors (Lipinski definition) is 0. The first-order valence-corrected chi connectivity index (χ1v) is 7.23. The zero-order valence-electron chi connectivity index (χ0n) is 11.7. The van der Waals surface area contributed by atoms with E-state index in [1.165, 1.54) is 0 Å². The molecule has 0 aromatic carbocycles. The van der Waals surface area contributed by atoms with Crippen molar-refractivity contribution in [1.29, 1.82) is 0 Å². The maximum absolute atomic E-state index is 11.7. The molecule has 2 fully saturated rings. The van der Waals surface area contributed by atoms with Crippen LogP contribution in [-0.4, -0.2) is 46.3 Å². The minimum Gasteiger partial charge on any atom is -0.309 e. The highest BCUT2D eigenvalue weighted by Gasteiger charge is 2.28. The summed E-state index contributed by atoms with van der Waals surface area (Å²) >= 11 is 0. The molecule has 5 heteroatoms. The molecule has 3 rings (SSSR count). The van der Waals surface area contributed by atoms with E-state index in [4.69, 9.17) is 0 Å². The number of carbonyl (C=O) groups is 1. The first-order chi connectivity index (χ1) is 9.15. The predicted octanol–water partition coefficient (Wildman–Crippen LogP) is 1.67. The largest absolute Gasteiger partial charge is 0.309 e. The van der Waals surface area contributed by atoms with Gasteiger partial charge in [-0.15, -0.1) is 0 Å². The minimum atomic E-state index is 0.231. The van der Waals surface area contributed by atoms with Crippen molar-refractivity contribution < 1.29 is 4.79 Å². The van der Waals surface area contributed by atoms with Crippen LogP contribution in [0.25, 0.3) is 0 Å². The van der Waals surface area contributed by atoms with Crippen molar-refractivity contribution in [2.75, 3.05) is 24.5 Å². The van der Waals surface area contributed by atoms with Gasteiger partial charge in [-0.1, -0.05) is 0 Å². The van der Waals surface area contributed by atoms with Crippen molar-refractivity contribution in [2.24, 2.45) is 0 Å². The van der Waals surface area contributed by atoms with Gasteiger partial charge in [-0.2, -0.15) is 5.10 Å². The molecule has 0 radical (unpaired) electrons. The number of aromatic nitrogens is 2. The smallest absolute Gasteiger partial charge is 0.227 e. The molecule has 1 unspecified atom stereocenters. The van der Waals surface area contributed by atoms with Crippen molar-refractivity contribution in [3.05, 3.63) is 12.4 Å². The summed E-state index contributed by atoms with van der Waals surface area (Å²) in [6.07, 6.45) is 6.66. The Labute approximate surface area is 114 Å². The number of rotatable bonds is 3. The molecular weight excluding hydrogens is 240 g/mol. The van der Waals surface area contributed by atoms with Crippen molar-refractivity contribution in [3.63, 3.8) is 0 Å². The summed E-state index contributed by atoms with van der Waals surface area (Å²) < 4.78 is 2.04. The second-order valence-electron chi connectivity index (χ2n) is 5.86. The average Bonchev–Trinajstić information content (AvgIpc) is 3.07. The molecule has 19 heavy (non-hydrogen) atoms. The third kappa shape index (κ3) is 2.39. The summed E-state index contributed by atoms with van der Waals surface area (Å²) in [6, 6.07) is 1.05. The van der Waals surface area contributed by atoms with Crippen LogP contribution in [0.4, 0.5) is 5.69 Å². The topological polar surface area (TPSA) is 41.4 Å². The predicted molar refractivity (Wildman–Crippen MR) is 74.2 cm³/mol. The SMILES string of the molecule is CC(C)N1CCC(n2cc(N3CCCC3=O)cn2)C1. The quantitative estimate of drug-likeness (QED) is 0.832. The third-order valence-corrected chi connectivity index (χ3v) is 4.27. The van der Waals surface area contributed by atoms with Gasteiger partial charge in [0.1, 0.15) is 0 Å². The van der Waals surface area contributed by atoms with Gasteiger partial charge in [-0.05, 0) is 26.7 Å². The molecule has 104 valence electrons. The first kappa shape index (κ1) is 12.7. The molecule has 2 aliphatic rings. The van der Waals surface area contributed by atoms with E-state index in [9.17, 15) is 4.79 Å². The highest BCUT2D eigenvalue weighted by atomic mass is 16.2. The number of likely N-dealkylation sites (tertiary alicyclic amines) is 1. The van der Waals surface area contributed by atoms with Gasteiger partial charge in [0.2, 0.25) is 5.91 Å². The molecule has 1 atom stereocenters. The van der Waals surface area contributed by atoms with E-state index in [1.54, 1.807) is 0 Å². The molecule has 1 aromatic heterocycles. The summed E-state index contributed by atoms with van der Waals surface area (Å²) in [4.78, 5) is 16.1. The number of hydrogen-bond acceptors (Lipinski definition) is 3. The van der Waals surface area contributed by atoms with E-state index in [1.807, 2.05) is 22.0 Å². The Morgan fingerprint density at radius 3 is 2.84 bits per heavy atom. The molecule has 0 aliphatic carbocycles. The Balaban J connectivity index is 1.70. The van der Waals surface area contributed by atoms with E-state index in [2.05, 4.69) is 23.8 Å². The van der Waals surface area contributed by atoms with E-state index in [0.29, 0.717) is 18.5 Å². The Kier molecular flexibility index (Phi) is 3.31. The van der Waals surface area contributed by atoms with E-state index < -0.39 is 0 Å². The van der Waals surface area contributed by atoms with Crippen LogP contribution in [0.2, 0.25) is 0 Å². The maximum atomic E-state index is 11.7. The van der Waals surface area contributed by atoms with Gasteiger partial charge in [0.05, 0.1) is 17.9 Å². The highest BCUT2D eigenvalue weighted by Crippen LogP contribution is 2.26. The first-order valence-electron chi connectivity index (χ1n) is 7.23. The maximum Gasteiger partial charge on any atom is 0.227 e. The van der Waals surface area contributed by atoms with Gasteiger partial charge in [0.15, 0.2) is 0 Å². The van der Waals surface area contributed by atoms with Gasteiger partial charge in [-0.3, -0.25) is 14.4 Å². The summed E-state index contributed by atoms with van der Waals surface area (Å²) in [5.41, 5.74) is 0.963. The molecular formula is C14H22N4O. The summed E-state index contributed by atoms with van der Waals surface area (Å²) in [5, 5.41) is 4.47. The molecule has 0 saturated carbocycles. The lowest BCUT2D eigenvalue weighted by atomic mass is 10.3. The van der Waals surface area contributed by atoms with Gasteiger partial charge < -0.3 is 4.90 Å². The van der Waals surface area contributed by atoms with Crippen LogP contribution in [0, 0.1) is 0 Å². The molecule has 0 spiro atoms. The fraction of sp³-hybridized carbons (Fsp3) is 0.714. The Bertz CT molecular complexity index is 468. The average molecular weight is 262 g/mol. The molecule has 3 heterocycles. The molecule has 0 bridgehead atoms. The molecule has 5 nitrogen and oxygen atoms in total. The fourth-order valence-corrected chi connectivity index (χ4v) is 3.04. The van der Waals surface area contributed by atoms with Gasteiger partial charge in [-0.25, -0.2) is 0 Å². The van der Waals surface area contributed by atoms with Crippen molar-refractivity contribution >= 4 is 11.6 Å². The van der Waals surface area contributed by atoms with Crippen LogP contribution in [0.1, 0.15) is 39.2 Å². The number of anilines is 1. The Morgan fingerprint density at radius 2 is 2.21 bits per heavy atom. The van der Waals surface area contributed by atoms with Crippen LogP contribution < -0.4 is 4.90 Å². The van der Waals surface area contributed by atoms with Crippen LogP contribution in [0.15, 0.2) is 12.4 Å². The van der Waals surface area contributed by atoms with Crippen LogP contribution in [0.5, 0.6) is 0 Å². The fourth-order valence-electron chi connectivity index (χ4n) is 3.04. The monoisotopic (exact) mass is 262 g/mol. The molecule has 2 aliphatic heterocycles. The number of nitrogens with zero attached hydrogens (tertiary/aromatic N) is 4. The number of amides is 1. The van der Waals surface area contributed by atoms with E-state index in [0.717, 1.165) is 38.2 Å². The second-order valence-corrected chi connectivity index (χ2v) is 5.86. The van der Waals surface area contributed by atoms with Crippen molar-refractivity contribution in [1.82, 2.24) is 14.7 Å². The van der Waals surface area contributed by atoms with E-state index >= 15 is 0 Å². The Hall–Kier alpha value is -1.36. The third-order valence-electron chi connectivity index (χ3n) is 4.27. The molecule has 1 aromatic rings. The zero-order chi connectivity index (χ0) is 13.4. The second kappa shape index (κ2) is 4.96. The molecule has 2 saturated heterocycles. The van der Waals surface area contributed by atoms with Gasteiger partial charge >= 0.3 is 0 Å². The van der Waals surface area contributed by atoms with Crippen molar-refractivity contribution in [2.45, 2.75) is 45.2 Å². The van der Waals surface area contributed by atoms with Crippen LogP contribution in [0.3, 0.4) is 0 Å². The summed E-state index contributed by atoms with van der Waals surface area (Å²) in [7, 11) is 0. The lowest BCUT2D eigenvalue weighted by Crippen LogP contribution is -2.28. The molecule has 1 amide bonds. The lowest BCUT2D eigenvalue weighted by Gasteiger charge is -2.20. The lowest BCUT2D eigenvalue weighted by molar-refractivity contribution is -0.117. The summed E-state index contributed by atoms with van der Waals surface area (Å²) in [5.74, 6) is 0.231. The van der Waals surface area contributed by atoms with Gasteiger partial charge in [0, 0.05) is 38.3 Å². The minimum absolute atomic E-state index is 0.231. The Morgan fingerprint density at radius 1 is 1.37 bits per heavy atom. The standard InChI is InChI=1S/C14H22N4O/c1-11(2)16-7-5-12(9-16)18-10-13(8-15-18)17-6-3-4-14(17)19/h8,10-12H,3-7,9H2,1-2H3.